The van der Waals surface area contributed by atoms with Gasteiger partial charge in [0.25, 0.3) is 0 Å². The van der Waals surface area contributed by atoms with E-state index in [2.05, 4.69) is 11.1 Å². The summed E-state index contributed by atoms with van der Waals surface area (Å²) < 4.78 is 5.23. The number of nitriles is 1. The molecule has 0 aromatic carbocycles. The summed E-state index contributed by atoms with van der Waals surface area (Å²) >= 11 is 1.43. The van der Waals surface area contributed by atoms with Gasteiger partial charge in [-0.3, -0.25) is 0 Å². The van der Waals surface area contributed by atoms with Gasteiger partial charge in [0.15, 0.2) is 11.2 Å². The van der Waals surface area contributed by atoms with Gasteiger partial charge in [-0.05, 0) is 0 Å². The van der Waals surface area contributed by atoms with Crippen molar-refractivity contribution in [2.45, 2.75) is 6.10 Å². The van der Waals surface area contributed by atoms with Gasteiger partial charge in [-0.15, -0.1) is 0 Å². The molecule has 1 aliphatic heterocycles. The van der Waals surface area contributed by atoms with Gasteiger partial charge in [-0.25, -0.2) is 4.98 Å². The molecule has 1 aromatic rings. The Morgan fingerprint density at radius 3 is 3.29 bits per heavy atom. The average molecular weight is 210 g/mol. The molecule has 5 nitrogen and oxygen atoms in total. The van der Waals surface area contributed by atoms with Gasteiger partial charge in [0.1, 0.15) is 5.00 Å². The first-order valence-corrected chi connectivity index (χ1v) is 5.08. The van der Waals surface area contributed by atoms with Crippen LogP contribution in [0.4, 0.5) is 10.1 Å². The van der Waals surface area contributed by atoms with Crippen LogP contribution in [0.1, 0.15) is 0 Å². The zero-order valence-electron chi connectivity index (χ0n) is 7.51. The second-order valence-electron chi connectivity index (χ2n) is 2.98. The van der Waals surface area contributed by atoms with E-state index in [1.165, 1.54) is 11.3 Å². The Labute approximate surface area is 85.7 Å². The molecule has 0 saturated carbocycles. The van der Waals surface area contributed by atoms with E-state index in [9.17, 15) is 0 Å². The molecule has 0 aliphatic carbocycles. The normalized spacial score (nSPS) is 21.9. The summed E-state index contributed by atoms with van der Waals surface area (Å²) in [7, 11) is 0. The van der Waals surface area contributed by atoms with E-state index < -0.39 is 0 Å². The van der Waals surface area contributed by atoms with Crippen molar-refractivity contribution in [3.8, 4) is 6.07 Å². The second kappa shape index (κ2) is 3.82. The third-order valence-corrected chi connectivity index (χ3v) is 2.88. The summed E-state index contributed by atoms with van der Waals surface area (Å²) in [4.78, 5) is 6.19. The molecular weight excluding hydrogens is 200 g/mol. The summed E-state index contributed by atoms with van der Waals surface area (Å²) in [5.74, 6) is 0. The highest BCUT2D eigenvalue weighted by Crippen LogP contribution is 2.25. The first-order chi connectivity index (χ1) is 6.79. The molecular formula is C8H10N4OS. The van der Waals surface area contributed by atoms with Crippen molar-refractivity contribution >= 4 is 21.5 Å². The molecule has 0 spiro atoms. The SMILES string of the molecule is N#CC1CN(c2ncc(N)s2)CCO1. The first kappa shape index (κ1) is 9.24. The molecule has 1 saturated heterocycles. The molecule has 0 bridgehead atoms. The molecule has 1 aromatic heterocycles. The van der Waals surface area contributed by atoms with Crippen LogP contribution in [0.15, 0.2) is 6.20 Å². The number of ether oxygens (including phenoxy) is 1. The van der Waals surface area contributed by atoms with Crippen LogP contribution >= 0.6 is 11.3 Å². The average Bonchev–Trinajstić information content (AvgIpc) is 2.65. The number of nitrogens with zero attached hydrogens (tertiary/aromatic N) is 3. The largest absolute Gasteiger partial charge is 0.389 e. The molecule has 1 unspecified atom stereocenters. The van der Waals surface area contributed by atoms with Crippen LogP contribution in [-0.2, 0) is 4.74 Å². The van der Waals surface area contributed by atoms with Crippen molar-refractivity contribution in [1.29, 1.82) is 5.26 Å². The maximum absolute atomic E-state index is 8.72. The minimum absolute atomic E-state index is 0.353. The lowest BCUT2D eigenvalue weighted by atomic mass is 10.3. The van der Waals surface area contributed by atoms with Crippen LogP contribution in [0.2, 0.25) is 0 Å². The molecule has 1 aliphatic rings. The first-order valence-electron chi connectivity index (χ1n) is 4.27. The fraction of sp³-hybridized carbons (Fsp3) is 0.500. The van der Waals surface area contributed by atoms with Gasteiger partial charge in [-0.2, -0.15) is 5.26 Å². The molecule has 2 heterocycles. The van der Waals surface area contributed by atoms with Gasteiger partial charge in [0, 0.05) is 6.54 Å². The number of morpholine rings is 1. The molecule has 1 fully saturated rings. The van der Waals surface area contributed by atoms with Crippen LogP contribution in [-0.4, -0.2) is 30.8 Å². The summed E-state index contributed by atoms with van der Waals surface area (Å²) in [5.41, 5.74) is 5.59. The molecule has 0 radical (unpaired) electrons. The molecule has 2 rings (SSSR count). The van der Waals surface area contributed by atoms with Crippen LogP contribution < -0.4 is 10.6 Å². The highest BCUT2D eigenvalue weighted by molar-refractivity contribution is 7.19. The third-order valence-electron chi connectivity index (χ3n) is 1.99. The Kier molecular flexibility index (Phi) is 2.52. The number of hydrogen-bond acceptors (Lipinski definition) is 6. The van der Waals surface area contributed by atoms with Crippen molar-refractivity contribution in [3.05, 3.63) is 6.20 Å². The topological polar surface area (TPSA) is 75.2 Å². The number of nitrogens with two attached hydrogens (primary N) is 1. The van der Waals surface area contributed by atoms with Gasteiger partial charge in [0.2, 0.25) is 0 Å². The van der Waals surface area contributed by atoms with Crippen LogP contribution in [0.25, 0.3) is 0 Å². The van der Waals surface area contributed by atoms with Crippen LogP contribution in [0, 0.1) is 11.3 Å². The molecule has 6 heteroatoms. The van der Waals surface area contributed by atoms with E-state index in [1.54, 1.807) is 6.20 Å². The Hall–Kier alpha value is -1.32. The van der Waals surface area contributed by atoms with E-state index in [0.717, 1.165) is 11.7 Å². The van der Waals surface area contributed by atoms with Crippen LogP contribution in [0.5, 0.6) is 0 Å². The highest BCUT2D eigenvalue weighted by atomic mass is 32.1. The Morgan fingerprint density at radius 2 is 2.64 bits per heavy atom. The molecule has 74 valence electrons. The number of anilines is 2. The van der Waals surface area contributed by atoms with Gasteiger partial charge >= 0.3 is 0 Å². The van der Waals surface area contributed by atoms with Crippen molar-refractivity contribution in [1.82, 2.24) is 4.98 Å². The number of aromatic nitrogens is 1. The van der Waals surface area contributed by atoms with Crippen LogP contribution in [0.3, 0.4) is 0 Å². The zero-order valence-corrected chi connectivity index (χ0v) is 8.33. The Balaban J connectivity index is 2.08. The number of hydrogen-bond donors (Lipinski definition) is 1. The number of rotatable bonds is 1. The van der Waals surface area contributed by atoms with E-state index in [1.807, 2.05) is 4.90 Å². The van der Waals surface area contributed by atoms with E-state index in [-0.39, 0.29) is 6.10 Å². The van der Waals surface area contributed by atoms with Gasteiger partial charge in [-0.1, -0.05) is 11.3 Å². The highest BCUT2D eigenvalue weighted by Gasteiger charge is 2.21. The third kappa shape index (κ3) is 1.78. The minimum Gasteiger partial charge on any atom is -0.389 e. The fourth-order valence-corrected chi connectivity index (χ4v) is 2.04. The van der Waals surface area contributed by atoms with Crippen molar-refractivity contribution in [2.24, 2.45) is 0 Å². The summed E-state index contributed by atoms with van der Waals surface area (Å²) in [6.07, 6.45) is 1.28. The van der Waals surface area contributed by atoms with Gasteiger partial charge in [0.05, 0.1) is 25.4 Å². The minimum atomic E-state index is -0.353. The maximum Gasteiger partial charge on any atom is 0.187 e. The van der Waals surface area contributed by atoms with Crippen molar-refractivity contribution in [3.63, 3.8) is 0 Å². The monoisotopic (exact) mass is 210 g/mol. The summed E-state index contributed by atoms with van der Waals surface area (Å²) in [6.45, 7) is 1.91. The Morgan fingerprint density at radius 1 is 1.79 bits per heavy atom. The molecule has 0 amide bonds. The quantitative estimate of drug-likeness (QED) is 0.728. The summed E-state index contributed by atoms with van der Waals surface area (Å²) in [6, 6.07) is 2.09. The van der Waals surface area contributed by atoms with Crippen molar-refractivity contribution in [2.75, 3.05) is 30.3 Å². The predicted octanol–water partition coefficient (Wildman–Crippen LogP) is 0.454. The van der Waals surface area contributed by atoms with E-state index >= 15 is 0 Å². The fourth-order valence-electron chi connectivity index (χ4n) is 1.32. The summed E-state index contributed by atoms with van der Waals surface area (Å²) in [5, 5.41) is 10.3. The van der Waals surface area contributed by atoms with Crippen molar-refractivity contribution < 1.29 is 4.74 Å². The molecule has 14 heavy (non-hydrogen) atoms. The maximum atomic E-state index is 8.72. The number of thiazole rings is 1. The lowest BCUT2D eigenvalue weighted by molar-refractivity contribution is 0.0764. The predicted molar refractivity (Wildman–Crippen MR) is 54.1 cm³/mol. The lowest BCUT2D eigenvalue weighted by Crippen LogP contribution is -2.41. The van der Waals surface area contributed by atoms with Gasteiger partial charge < -0.3 is 15.4 Å². The molecule has 1 atom stereocenters. The van der Waals surface area contributed by atoms with E-state index in [4.69, 9.17) is 15.7 Å². The standard InChI is InChI=1S/C8H10N4OS/c9-3-6-5-12(1-2-13-6)8-11-4-7(10)14-8/h4,6H,1-2,5,10H2. The smallest absolute Gasteiger partial charge is 0.187 e. The zero-order chi connectivity index (χ0) is 9.97. The second-order valence-corrected chi connectivity index (χ2v) is 4.02. The Bertz CT molecular complexity index is 358. The van der Waals surface area contributed by atoms with E-state index in [0.29, 0.717) is 18.2 Å². The molecule has 2 N–H and O–H groups in total. The lowest BCUT2D eigenvalue weighted by Gasteiger charge is -2.29. The number of nitrogen functional groups attached to an aromatic ring is 1.